The molecule has 3 rings (SSSR count). The number of aryl methyl sites for hydroxylation is 2. The number of nitrogens with zero attached hydrogens (tertiary/aromatic N) is 2. The van der Waals surface area contributed by atoms with E-state index in [0.29, 0.717) is 17.8 Å². The Morgan fingerprint density at radius 1 is 1.43 bits per heavy atom. The average molecular weight is 409 g/mol. The van der Waals surface area contributed by atoms with Gasteiger partial charge in [-0.15, -0.1) is 4.83 Å². The molecule has 1 aromatic heterocycles. The van der Waals surface area contributed by atoms with Crippen LogP contribution in [0.4, 0.5) is 4.39 Å². The fourth-order valence-electron chi connectivity index (χ4n) is 3.25. The first-order chi connectivity index (χ1) is 13.2. The lowest BCUT2D eigenvalue weighted by atomic mass is 10.0. The van der Waals surface area contributed by atoms with E-state index >= 15 is 0 Å². The molecule has 152 valence electrons. The molecule has 1 aliphatic rings. The van der Waals surface area contributed by atoms with E-state index in [0.717, 1.165) is 19.4 Å². The fraction of sp³-hybridized carbons (Fsp3) is 0.444. The van der Waals surface area contributed by atoms with Crippen LogP contribution in [-0.4, -0.2) is 42.7 Å². The van der Waals surface area contributed by atoms with Crippen molar-refractivity contribution in [3.8, 4) is 11.3 Å². The number of piperidine rings is 1. The molecule has 1 aliphatic heterocycles. The third-order valence-corrected chi connectivity index (χ3v) is 6.00. The minimum Gasteiger partial charge on any atom is -0.340 e. The maximum absolute atomic E-state index is 14.5. The Morgan fingerprint density at radius 3 is 2.86 bits per heavy atom. The summed E-state index contributed by atoms with van der Waals surface area (Å²) in [5.74, 6) is -1.68. The number of hydrogen-bond acceptors (Lipinski definition) is 5. The fourth-order valence-corrected chi connectivity index (χ4v) is 4.49. The van der Waals surface area contributed by atoms with Crippen LogP contribution in [0.2, 0.25) is 0 Å². The van der Waals surface area contributed by atoms with Crippen LogP contribution in [0.1, 0.15) is 28.8 Å². The molecule has 1 unspecified atom stereocenters. The predicted octanol–water partition coefficient (Wildman–Crippen LogP) is 1.10. The second-order valence-corrected chi connectivity index (χ2v) is 8.90. The monoisotopic (exact) mass is 409 g/mol. The van der Waals surface area contributed by atoms with Gasteiger partial charge in [-0.25, -0.2) is 17.8 Å². The zero-order valence-electron chi connectivity index (χ0n) is 15.8. The minimum atomic E-state index is -3.73. The Labute approximate surface area is 163 Å². The van der Waals surface area contributed by atoms with Crippen molar-refractivity contribution in [3.05, 3.63) is 41.6 Å². The molecule has 1 aromatic carbocycles. The van der Waals surface area contributed by atoms with Gasteiger partial charge in [-0.1, -0.05) is 0 Å². The van der Waals surface area contributed by atoms with Crippen molar-refractivity contribution >= 4 is 15.9 Å². The van der Waals surface area contributed by atoms with E-state index in [1.807, 2.05) is 0 Å². The quantitative estimate of drug-likeness (QED) is 0.620. The van der Waals surface area contributed by atoms with Gasteiger partial charge < -0.3 is 9.88 Å². The van der Waals surface area contributed by atoms with Crippen LogP contribution in [0, 0.1) is 18.7 Å². The Kier molecular flexibility index (Phi) is 6.11. The van der Waals surface area contributed by atoms with E-state index in [-0.39, 0.29) is 22.8 Å². The standard InChI is InChI=1S/C18H24FN5O3S/c1-12-6-14(16-9-24(2)11-21-16)7-15(17(12)19)18(25)22-23-28(26,27)10-13-4-3-5-20-8-13/h6-7,9,11,13,20,23H,3-5,8,10H2,1-2H3,(H,22,25). The van der Waals surface area contributed by atoms with Crippen LogP contribution >= 0.6 is 0 Å². The molecule has 0 radical (unpaired) electrons. The van der Waals surface area contributed by atoms with E-state index in [1.165, 1.54) is 6.07 Å². The lowest BCUT2D eigenvalue weighted by Gasteiger charge is -2.22. The minimum absolute atomic E-state index is 0.0189. The molecule has 0 spiro atoms. The third-order valence-electron chi connectivity index (χ3n) is 4.67. The van der Waals surface area contributed by atoms with E-state index < -0.39 is 21.7 Å². The number of imidazole rings is 1. The van der Waals surface area contributed by atoms with Gasteiger partial charge in [0.05, 0.1) is 23.3 Å². The summed E-state index contributed by atoms with van der Waals surface area (Å²) in [6.45, 7) is 3.04. The highest BCUT2D eigenvalue weighted by atomic mass is 32.2. The van der Waals surface area contributed by atoms with Gasteiger partial charge in [-0.3, -0.25) is 10.2 Å². The second kappa shape index (κ2) is 8.38. The maximum atomic E-state index is 14.5. The number of hydrazine groups is 1. The molecule has 28 heavy (non-hydrogen) atoms. The topological polar surface area (TPSA) is 105 Å². The van der Waals surface area contributed by atoms with Gasteiger partial charge in [-0.05, 0) is 56.5 Å². The molecule has 0 bridgehead atoms. The first-order valence-electron chi connectivity index (χ1n) is 9.04. The van der Waals surface area contributed by atoms with Crippen LogP contribution in [0.25, 0.3) is 11.3 Å². The van der Waals surface area contributed by atoms with Gasteiger partial charge in [-0.2, -0.15) is 0 Å². The number of nitrogens with one attached hydrogen (secondary N) is 3. The molecule has 2 aromatic rings. The van der Waals surface area contributed by atoms with Crippen LogP contribution in [0.15, 0.2) is 24.7 Å². The van der Waals surface area contributed by atoms with Crippen molar-refractivity contribution in [2.75, 3.05) is 18.8 Å². The summed E-state index contributed by atoms with van der Waals surface area (Å²) in [6.07, 6.45) is 5.07. The molecule has 10 heteroatoms. The number of aromatic nitrogens is 2. The van der Waals surface area contributed by atoms with Gasteiger partial charge in [0.1, 0.15) is 5.82 Å². The lowest BCUT2D eigenvalue weighted by molar-refractivity contribution is 0.0941. The number of sulfonamides is 1. The van der Waals surface area contributed by atoms with Crippen molar-refractivity contribution in [3.63, 3.8) is 0 Å². The zero-order chi connectivity index (χ0) is 20.3. The second-order valence-electron chi connectivity index (χ2n) is 7.13. The van der Waals surface area contributed by atoms with Crippen molar-refractivity contribution < 1.29 is 17.6 Å². The molecule has 1 atom stereocenters. The van der Waals surface area contributed by atoms with Crippen molar-refractivity contribution in [1.29, 1.82) is 0 Å². The Bertz CT molecular complexity index is 968. The molecule has 1 saturated heterocycles. The molecular formula is C18H24FN5O3S. The SMILES string of the molecule is Cc1cc(-c2cn(C)cn2)cc(C(=O)NNS(=O)(=O)CC2CCCNC2)c1F. The molecule has 0 aliphatic carbocycles. The van der Waals surface area contributed by atoms with Gasteiger partial charge in [0.2, 0.25) is 10.0 Å². The summed E-state index contributed by atoms with van der Waals surface area (Å²) in [5, 5.41) is 3.15. The third kappa shape index (κ3) is 4.94. The van der Waals surface area contributed by atoms with Crippen LogP contribution < -0.4 is 15.6 Å². The highest BCUT2D eigenvalue weighted by Crippen LogP contribution is 2.23. The molecular weight excluding hydrogens is 385 g/mol. The summed E-state index contributed by atoms with van der Waals surface area (Å²) in [4.78, 5) is 18.7. The molecule has 1 fully saturated rings. The van der Waals surface area contributed by atoms with Crippen LogP contribution in [0.3, 0.4) is 0 Å². The summed E-state index contributed by atoms with van der Waals surface area (Å²) in [5.41, 5.74) is 3.30. The lowest BCUT2D eigenvalue weighted by Crippen LogP contribution is -2.45. The van der Waals surface area contributed by atoms with Crippen LogP contribution in [-0.2, 0) is 17.1 Å². The maximum Gasteiger partial charge on any atom is 0.269 e. The first kappa shape index (κ1) is 20.4. The zero-order valence-corrected chi connectivity index (χ0v) is 16.6. The predicted molar refractivity (Wildman–Crippen MR) is 103 cm³/mol. The Hall–Kier alpha value is -2.30. The molecule has 0 saturated carbocycles. The number of amides is 1. The number of hydrogen-bond donors (Lipinski definition) is 3. The number of halogens is 1. The van der Waals surface area contributed by atoms with E-state index in [4.69, 9.17) is 0 Å². The number of benzene rings is 1. The summed E-state index contributed by atoms with van der Waals surface area (Å²) in [7, 11) is -1.92. The van der Waals surface area contributed by atoms with Crippen molar-refractivity contribution in [2.24, 2.45) is 13.0 Å². The summed E-state index contributed by atoms with van der Waals surface area (Å²) in [6, 6.07) is 2.95. The summed E-state index contributed by atoms with van der Waals surface area (Å²) < 4.78 is 40.6. The average Bonchev–Trinajstić information content (AvgIpc) is 3.09. The molecule has 2 heterocycles. The number of carbonyl (C=O) groups excluding carboxylic acids is 1. The van der Waals surface area contributed by atoms with Gasteiger partial charge in [0, 0.05) is 18.8 Å². The number of rotatable bonds is 6. The van der Waals surface area contributed by atoms with Crippen molar-refractivity contribution in [2.45, 2.75) is 19.8 Å². The highest BCUT2D eigenvalue weighted by molar-refractivity contribution is 7.89. The highest BCUT2D eigenvalue weighted by Gasteiger charge is 2.23. The number of carbonyl (C=O) groups is 1. The smallest absolute Gasteiger partial charge is 0.269 e. The molecule has 8 nitrogen and oxygen atoms in total. The van der Waals surface area contributed by atoms with Gasteiger partial charge in [0.15, 0.2) is 0 Å². The molecule has 1 amide bonds. The largest absolute Gasteiger partial charge is 0.340 e. The van der Waals surface area contributed by atoms with Gasteiger partial charge in [0.25, 0.3) is 5.91 Å². The van der Waals surface area contributed by atoms with Crippen LogP contribution in [0.5, 0.6) is 0 Å². The van der Waals surface area contributed by atoms with E-state index in [1.54, 1.807) is 37.1 Å². The Morgan fingerprint density at radius 2 is 2.21 bits per heavy atom. The summed E-state index contributed by atoms with van der Waals surface area (Å²) >= 11 is 0. The van der Waals surface area contributed by atoms with Crippen molar-refractivity contribution in [1.82, 2.24) is 25.1 Å². The Balaban J connectivity index is 1.72. The molecule has 3 N–H and O–H groups in total. The van der Waals surface area contributed by atoms with Gasteiger partial charge >= 0.3 is 0 Å². The van der Waals surface area contributed by atoms with E-state index in [2.05, 4.69) is 20.6 Å². The first-order valence-corrected chi connectivity index (χ1v) is 10.7. The van der Waals surface area contributed by atoms with E-state index in [9.17, 15) is 17.6 Å². The normalized spacial score (nSPS) is 17.5.